The highest BCUT2D eigenvalue weighted by Crippen LogP contribution is 2.22. The van der Waals surface area contributed by atoms with Crippen LogP contribution in [0.2, 0.25) is 0 Å². The molecule has 1 rings (SSSR count). The maximum atomic E-state index is 11.5. The van der Waals surface area contributed by atoms with E-state index in [2.05, 4.69) is 17.6 Å². The average Bonchev–Trinajstić information content (AvgIpc) is 2.61. The van der Waals surface area contributed by atoms with E-state index in [1.165, 1.54) is 6.42 Å². The fraction of sp³-hybridized carbons (Fsp3) is 0.917. The Morgan fingerprint density at radius 3 is 2.62 bits per heavy atom. The molecule has 1 atom stereocenters. The zero-order valence-electron chi connectivity index (χ0n) is 10.9. The molecule has 0 aromatic carbocycles. The molecule has 0 aromatic heterocycles. The van der Waals surface area contributed by atoms with Gasteiger partial charge in [0.1, 0.15) is 5.60 Å². The molecule has 0 unspecified atom stereocenters. The van der Waals surface area contributed by atoms with E-state index in [-0.39, 0.29) is 11.6 Å². The van der Waals surface area contributed by atoms with Crippen LogP contribution < -0.4 is 10.6 Å². The lowest BCUT2D eigenvalue weighted by Gasteiger charge is -2.29. The van der Waals surface area contributed by atoms with Crippen LogP contribution in [-0.4, -0.2) is 30.3 Å². The first-order valence-electron chi connectivity index (χ1n) is 6.09. The summed E-state index contributed by atoms with van der Waals surface area (Å²) in [7, 11) is 0. The van der Waals surface area contributed by atoms with Crippen molar-refractivity contribution in [2.75, 3.05) is 13.1 Å². The first-order chi connectivity index (χ1) is 7.37. The van der Waals surface area contributed by atoms with Gasteiger partial charge in [-0.2, -0.15) is 0 Å². The average molecular weight is 228 g/mol. The van der Waals surface area contributed by atoms with Crippen LogP contribution in [0.3, 0.4) is 0 Å². The molecule has 16 heavy (non-hydrogen) atoms. The Morgan fingerprint density at radius 1 is 1.50 bits per heavy atom. The molecule has 0 aromatic rings. The number of ether oxygens (including phenoxy) is 1. The fourth-order valence-electron chi connectivity index (χ4n) is 2.00. The van der Waals surface area contributed by atoms with Gasteiger partial charge in [-0.25, -0.2) is 4.79 Å². The molecule has 0 saturated carbocycles. The van der Waals surface area contributed by atoms with Gasteiger partial charge in [0.2, 0.25) is 0 Å². The Kier molecular flexibility index (Phi) is 4.19. The van der Waals surface area contributed by atoms with E-state index in [0.717, 1.165) is 19.4 Å². The summed E-state index contributed by atoms with van der Waals surface area (Å²) in [4.78, 5) is 11.5. The zero-order valence-corrected chi connectivity index (χ0v) is 10.9. The van der Waals surface area contributed by atoms with Crippen molar-refractivity contribution in [2.45, 2.75) is 58.1 Å². The summed E-state index contributed by atoms with van der Waals surface area (Å²) in [6.45, 7) is 9.46. The van der Waals surface area contributed by atoms with E-state index in [4.69, 9.17) is 4.74 Å². The Hall–Kier alpha value is -0.770. The summed E-state index contributed by atoms with van der Waals surface area (Å²) in [5, 5.41) is 6.32. The van der Waals surface area contributed by atoms with Gasteiger partial charge in [0.05, 0.1) is 0 Å². The van der Waals surface area contributed by atoms with Gasteiger partial charge in [0.25, 0.3) is 0 Å². The van der Waals surface area contributed by atoms with Gasteiger partial charge in [-0.1, -0.05) is 6.92 Å². The van der Waals surface area contributed by atoms with E-state index in [0.29, 0.717) is 6.54 Å². The van der Waals surface area contributed by atoms with Crippen LogP contribution in [0.15, 0.2) is 0 Å². The summed E-state index contributed by atoms with van der Waals surface area (Å²) in [6, 6.07) is 0. The fourth-order valence-corrected chi connectivity index (χ4v) is 2.00. The molecule has 0 aliphatic carbocycles. The molecule has 94 valence electrons. The molecule has 0 spiro atoms. The number of carbonyl (C=O) groups excluding carboxylic acids is 1. The summed E-state index contributed by atoms with van der Waals surface area (Å²) in [6.07, 6.45) is 3.01. The van der Waals surface area contributed by atoms with Gasteiger partial charge in [-0.15, -0.1) is 0 Å². The van der Waals surface area contributed by atoms with E-state index >= 15 is 0 Å². The highest BCUT2D eigenvalue weighted by atomic mass is 16.6. The van der Waals surface area contributed by atoms with Gasteiger partial charge >= 0.3 is 6.09 Å². The molecule has 1 aliphatic heterocycles. The van der Waals surface area contributed by atoms with E-state index in [1.54, 1.807) is 0 Å². The second kappa shape index (κ2) is 5.04. The smallest absolute Gasteiger partial charge is 0.407 e. The second-order valence-electron chi connectivity index (χ2n) is 5.52. The number of amides is 1. The molecule has 1 aliphatic rings. The quantitative estimate of drug-likeness (QED) is 0.777. The predicted molar refractivity (Wildman–Crippen MR) is 64.5 cm³/mol. The molecule has 0 bridgehead atoms. The van der Waals surface area contributed by atoms with Gasteiger partial charge < -0.3 is 15.4 Å². The highest BCUT2D eigenvalue weighted by Gasteiger charge is 2.32. The maximum Gasteiger partial charge on any atom is 0.407 e. The first-order valence-corrected chi connectivity index (χ1v) is 6.09. The van der Waals surface area contributed by atoms with Crippen molar-refractivity contribution in [2.24, 2.45) is 0 Å². The van der Waals surface area contributed by atoms with Crippen molar-refractivity contribution in [1.82, 2.24) is 10.6 Å². The summed E-state index contributed by atoms with van der Waals surface area (Å²) < 4.78 is 5.21. The van der Waals surface area contributed by atoms with E-state index in [1.807, 2.05) is 20.8 Å². The molecule has 4 nitrogen and oxygen atoms in total. The van der Waals surface area contributed by atoms with Crippen LogP contribution >= 0.6 is 0 Å². The molecule has 1 heterocycles. The lowest BCUT2D eigenvalue weighted by molar-refractivity contribution is 0.0511. The van der Waals surface area contributed by atoms with Gasteiger partial charge in [-0.05, 0) is 46.6 Å². The van der Waals surface area contributed by atoms with E-state index in [9.17, 15) is 4.79 Å². The second-order valence-corrected chi connectivity index (χ2v) is 5.52. The van der Waals surface area contributed by atoms with Crippen LogP contribution in [-0.2, 0) is 4.74 Å². The topological polar surface area (TPSA) is 50.4 Å². The van der Waals surface area contributed by atoms with Crippen molar-refractivity contribution >= 4 is 6.09 Å². The Balaban J connectivity index is 2.35. The van der Waals surface area contributed by atoms with Crippen molar-refractivity contribution in [3.05, 3.63) is 0 Å². The van der Waals surface area contributed by atoms with Crippen LogP contribution in [0.1, 0.15) is 47.0 Å². The van der Waals surface area contributed by atoms with E-state index < -0.39 is 5.60 Å². The molecule has 4 heteroatoms. The maximum absolute atomic E-state index is 11.5. The molecular weight excluding hydrogens is 204 g/mol. The third kappa shape index (κ3) is 4.00. The number of nitrogens with one attached hydrogen (secondary N) is 2. The Labute approximate surface area is 98.1 Å². The number of carbonyl (C=O) groups is 1. The van der Waals surface area contributed by atoms with Gasteiger partial charge in [0.15, 0.2) is 0 Å². The first kappa shape index (κ1) is 13.3. The van der Waals surface area contributed by atoms with Crippen LogP contribution in [0.4, 0.5) is 4.79 Å². The Morgan fingerprint density at radius 2 is 2.19 bits per heavy atom. The SMILES string of the molecule is CC[C@]1(CNC(=O)OC(C)(C)C)CCCN1. The normalized spacial score (nSPS) is 25.5. The Bertz CT molecular complexity index is 240. The minimum absolute atomic E-state index is 0.0803. The van der Waals surface area contributed by atoms with Crippen LogP contribution in [0.25, 0.3) is 0 Å². The number of rotatable bonds is 3. The number of hydrogen-bond acceptors (Lipinski definition) is 3. The minimum atomic E-state index is -0.424. The minimum Gasteiger partial charge on any atom is -0.444 e. The standard InChI is InChI=1S/C12H24N2O2/c1-5-12(7-6-8-14-12)9-13-10(15)16-11(2,3)4/h14H,5-9H2,1-4H3,(H,13,15)/t12-/m1/s1. The zero-order chi connectivity index (χ0) is 12.2. The van der Waals surface area contributed by atoms with Crippen molar-refractivity contribution in [3.8, 4) is 0 Å². The molecular formula is C12H24N2O2. The van der Waals surface area contributed by atoms with Crippen molar-refractivity contribution in [1.29, 1.82) is 0 Å². The highest BCUT2D eigenvalue weighted by molar-refractivity contribution is 5.67. The molecule has 1 saturated heterocycles. The van der Waals surface area contributed by atoms with Crippen LogP contribution in [0, 0.1) is 0 Å². The molecule has 1 amide bonds. The van der Waals surface area contributed by atoms with Gasteiger partial charge in [0, 0.05) is 12.1 Å². The van der Waals surface area contributed by atoms with Crippen molar-refractivity contribution in [3.63, 3.8) is 0 Å². The molecule has 0 radical (unpaired) electrons. The molecule has 2 N–H and O–H groups in total. The van der Waals surface area contributed by atoms with Gasteiger partial charge in [-0.3, -0.25) is 0 Å². The third-order valence-corrected chi connectivity index (χ3v) is 2.98. The summed E-state index contributed by atoms with van der Waals surface area (Å²) in [5.74, 6) is 0. The predicted octanol–water partition coefficient (Wildman–Crippen LogP) is 2.04. The third-order valence-electron chi connectivity index (χ3n) is 2.98. The number of hydrogen-bond donors (Lipinski definition) is 2. The lowest BCUT2D eigenvalue weighted by atomic mass is 9.94. The monoisotopic (exact) mass is 228 g/mol. The lowest BCUT2D eigenvalue weighted by Crippen LogP contribution is -2.50. The summed E-state index contributed by atoms with van der Waals surface area (Å²) >= 11 is 0. The largest absolute Gasteiger partial charge is 0.444 e. The van der Waals surface area contributed by atoms with Crippen molar-refractivity contribution < 1.29 is 9.53 Å². The molecule has 1 fully saturated rings. The van der Waals surface area contributed by atoms with Crippen LogP contribution in [0.5, 0.6) is 0 Å². The number of alkyl carbamates (subject to hydrolysis) is 1. The summed E-state index contributed by atoms with van der Waals surface area (Å²) in [5.41, 5.74) is -0.344.